The number of aromatic nitrogens is 4. The quantitative estimate of drug-likeness (QED) is 0.853. The Kier molecular flexibility index (Phi) is 4.19. The molecule has 1 aliphatic heterocycles. The number of tetrazole rings is 1. The Balaban J connectivity index is 1.65. The van der Waals surface area contributed by atoms with Crippen LogP contribution in [0, 0.1) is 5.41 Å². The van der Waals surface area contributed by atoms with Crippen molar-refractivity contribution in [3.63, 3.8) is 0 Å². The summed E-state index contributed by atoms with van der Waals surface area (Å²) in [7, 11) is 0. The molecule has 1 aromatic rings. The predicted molar refractivity (Wildman–Crippen MR) is 73.6 cm³/mol. The van der Waals surface area contributed by atoms with E-state index >= 15 is 0 Å². The minimum Gasteiger partial charge on any atom is -0.481 e. The molecule has 1 unspecified atom stereocenters. The largest absolute Gasteiger partial charge is 0.481 e. The molecule has 7 nitrogen and oxygen atoms in total. The first-order valence-electron chi connectivity index (χ1n) is 7.80. The molecule has 1 saturated heterocycles. The lowest BCUT2D eigenvalue weighted by molar-refractivity contribution is -0.149. The average molecular weight is 294 g/mol. The Morgan fingerprint density at radius 1 is 1.38 bits per heavy atom. The van der Waals surface area contributed by atoms with Crippen molar-refractivity contribution in [3.05, 3.63) is 5.82 Å². The maximum Gasteiger partial charge on any atom is 0.311 e. The molecule has 0 aromatic carbocycles. The van der Waals surface area contributed by atoms with E-state index in [1.54, 1.807) is 4.68 Å². The molecular weight excluding hydrogens is 272 g/mol. The van der Waals surface area contributed by atoms with Crippen LogP contribution in [0.1, 0.15) is 50.8 Å². The van der Waals surface area contributed by atoms with Crippen LogP contribution in [0.2, 0.25) is 0 Å². The van der Waals surface area contributed by atoms with Gasteiger partial charge in [-0.2, -0.15) is 0 Å². The van der Waals surface area contributed by atoms with Crippen LogP contribution in [0.3, 0.4) is 0 Å². The van der Waals surface area contributed by atoms with Crippen LogP contribution < -0.4 is 0 Å². The molecule has 0 amide bonds. The average Bonchev–Trinajstić information content (AvgIpc) is 3.19. The predicted octanol–water partition coefficient (Wildman–Crippen LogP) is 1.43. The van der Waals surface area contributed by atoms with Crippen molar-refractivity contribution in [2.75, 3.05) is 6.61 Å². The van der Waals surface area contributed by atoms with Crippen molar-refractivity contribution >= 4 is 5.97 Å². The van der Waals surface area contributed by atoms with Crippen LogP contribution in [0.5, 0.6) is 0 Å². The summed E-state index contributed by atoms with van der Waals surface area (Å²) < 4.78 is 7.30. The van der Waals surface area contributed by atoms with Crippen LogP contribution in [0.4, 0.5) is 0 Å². The summed E-state index contributed by atoms with van der Waals surface area (Å²) in [6, 6.07) is 0. The zero-order chi connectivity index (χ0) is 14.7. The number of nitrogens with zero attached hydrogens (tertiary/aromatic N) is 4. The second-order valence-electron chi connectivity index (χ2n) is 6.22. The van der Waals surface area contributed by atoms with Crippen molar-refractivity contribution in [2.45, 2.75) is 64.0 Å². The zero-order valence-corrected chi connectivity index (χ0v) is 12.2. The summed E-state index contributed by atoms with van der Waals surface area (Å²) >= 11 is 0. The first-order valence-corrected chi connectivity index (χ1v) is 7.80. The summed E-state index contributed by atoms with van der Waals surface area (Å²) in [5.74, 6) is 0.0543. The molecule has 0 bridgehead atoms. The highest BCUT2D eigenvalue weighted by Crippen LogP contribution is 2.39. The van der Waals surface area contributed by atoms with E-state index in [0.717, 1.165) is 51.0 Å². The van der Waals surface area contributed by atoms with Crippen molar-refractivity contribution in [1.29, 1.82) is 0 Å². The number of hydrogen-bond donors (Lipinski definition) is 1. The second-order valence-corrected chi connectivity index (χ2v) is 6.22. The van der Waals surface area contributed by atoms with Gasteiger partial charge in [-0.15, -0.1) is 5.10 Å². The van der Waals surface area contributed by atoms with Crippen LogP contribution in [0.15, 0.2) is 0 Å². The van der Waals surface area contributed by atoms with Gasteiger partial charge < -0.3 is 9.84 Å². The Hall–Kier alpha value is -1.50. The number of rotatable bonds is 6. The molecule has 2 aliphatic rings. The van der Waals surface area contributed by atoms with Gasteiger partial charge in [0.15, 0.2) is 5.82 Å². The van der Waals surface area contributed by atoms with Crippen LogP contribution in [-0.2, 0) is 22.5 Å². The van der Waals surface area contributed by atoms with Gasteiger partial charge in [-0.25, -0.2) is 4.68 Å². The fourth-order valence-corrected chi connectivity index (χ4v) is 3.47. The SMILES string of the molecule is O=C(O)C1(Cn2nnnc2CCC2CCCO2)CCCC1. The third-order valence-electron chi connectivity index (χ3n) is 4.79. The van der Waals surface area contributed by atoms with Crippen molar-refractivity contribution in [2.24, 2.45) is 5.41 Å². The highest BCUT2D eigenvalue weighted by molar-refractivity contribution is 5.74. The molecule has 2 heterocycles. The first kappa shape index (κ1) is 14.4. The van der Waals surface area contributed by atoms with Crippen molar-refractivity contribution in [1.82, 2.24) is 20.2 Å². The highest BCUT2D eigenvalue weighted by atomic mass is 16.5. The lowest BCUT2D eigenvalue weighted by Gasteiger charge is -2.23. The fraction of sp³-hybridized carbons (Fsp3) is 0.857. The summed E-state index contributed by atoms with van der Waals surface area (Å²) in [4.78, 5) is 11.6. The van der Waals surface area contributed by atoms with Gasteiger partial charge in [-0.3, -0.25) is 4.79 Å². The smallest absolute Gasteiger partial charge is 0.311 e. The van der Waals surface area contributed by atoms with Gasteiger partial charge in [0.25, 0.3) is 0 Å². The number of aryl methyl sites for hydroxylation is 1. The van der Waals surface area contributed by atoms with Gasteiger partial charge >= 0.3 is 5.97 Å². The minimum atomic E-state index is -0.722. The standard InChI is InChI=1S/C14H22N4O3/c19-13(20)14(7-1-2-8-14)10-18-12(15-16-17-18)6-5-11-4-3-9-21-11/h11H,1-10H2,(H,19,20). The molecule has 3 rings (SSSR count). The molecule has 7 heteroatoms. The molecule has 1 saturated carbocycles. The van der Waals surface area contributed by atoms with Gasteiger partial charge in [0.05, 0.1) is 18.1 Å². The van der Waals surface area contributed by atoms with Gasteiger partial charge in [0.1, 0.15) is 0 Å². The van der Waals surface area contributed by atoms with Crippen LogP contribution >= 0.6 is 0 Å². The second kappa shape index (κ2) is 6.09. The lowest BCUT2D eigenvalue weighted by atomic mass is 9.86. The van der Waals surface area contributed by atoms with Gasteiger partial charge in [0, 0.05) is 13.0 Å². The third-order valence-corrected chi connectivity index (χ3v) is 4.79. The first-order chi connectivity index (χ1) is 10.2. The van der Waals surface area contributed by atoms with E-state index in [9.17, 15) is 9.90 Å². The van der Waals surface area contributed by atoms with Crippen LogP contribution in [-0.4, -0.2) is 44.0 Å². The van der Waals surface area contributed by atoms with Gasteiger partial charge in [-0.05, 0) is 42.5 Å². The van der Waals surface area contributed by atoms with E-state index in [-0.39, 0.29) is 0 Å². The summed E-state index contributed by atoms with van der Waals surface area (Å²) in [5.41, 5.74) is -0.687. The Bertz CT molecular complexity index is 490. The molecular formula is C14H22N4O3. The van der Waals surface area contributed by atoms with E-state index in [2.05, 4.69) is 15.5 Å². The molecule has 1 N–H and O–H groups in total. The number of hydrogen-bond acceptors (Lipinski definition) is 5. The monoisotopic (exact) mass is 294 g/mol. The maximum absolute atomic E-state index is 11.6. The molecule has 1 aliphatic carbocycles. The number of carboxylic acids is 1. The fourth-order valence-electron chi connectivity index (χ4n) is 3.47. The molecule has 1 aromatic heterocycles. The molecule has 2 fully saturated rings. The zero-order valence-electron chi connectivity index (χ0n) is 12.2. The molecule has 0 radical (unpaired) electrons. The van der Waals surface area contributed by atoms with Gasteiger partial charge in [0.2, 0.25) is 0 Å². The van der Waals surface area contributed by atoms with E-state index in [0.29, 0.717) is 25.5 Å². The van der Waals surface area contributed by atoms with E-state index in [1.807, 2.05) is 0 Å². The maximum atomic E-state index is 11.6. The molecule has 21 heavy (non-hydrogen) atoms. The Labute approximate surface area is 123 Å². The van der Waals surface area contributed by atoms with Gasteiger partial charge in [-0.1, -0.05) is 12.8 Å². The number of carbonyl (C=O) groups is 1. The molecule has 116 valence electrons. The van der Waals surface area contributed by atoms with Crippen molar-refractivity contribution < 1.29 is 14.6 Å². The van der Waals surface area contributed by atoms with E-state index < -0.39 is 11.4 Å². The Morgan fingerprint density at radius 2 is 2.19 bits per heavy atom. The number of aliphatic carboxylic acids is 1. The summed E-state index contributed by atoms with van der Waals surface area (Å²) in [6.07, 6.45) is 7.54. The Morgan fingerprint density at radius 3 is 2.86 bits per heavy atom. The summed E-state index contributed by atoms with van der Waals surface area (Å²) in [6.45, 7) is 1.23. The van der Waals surface area contributed by atoms with E-state index in [1.165, 1.54) is 0 Å². The number of carboxylic acid groups (broad SMARTS) is 1. The number of ether oxygens (including phenoxy) is 1. The van der Waals surface area contributed by atoms with Crippen LogP contribution in [0.25, 0.3) is 0 Å². The summed E-state index contributed by atoms with van der Waals surface area (Å²) in [5, 5.41) is 21.3. The van der Waals surface area contributed by atoms with E-state index in [4.69, 9.17) is 4.74 Å². The normalized spacial score (nSPS) is 24.5. The minimum absolute atomic E-state index is 0.301. The molecule has 0 spiro atoms. The lowest BCUT2D eigenvalue weighted by Crippen LogP contribution is -2.34. The molecule has 1 atom stereocenters. The van der Waals surface area contributed by atoms with Crippen molar-refractivity contribution in [3.8, 4) is 0 Å². The third kappa shape index (κ3) is 3.07. The highest BCUT2D eigenvalue weighted by Gasteiger charge is 2.42. The topological polar surface area (TPSA) is 90.1 Å².